The number of para-hydroxylation sites is 1. The van der Waals surface area contributed by atoms with Gasteiger partial charge in [0.25, 0.3) is 0 Å². The number of thiophene rings is 1. The van der Waals surface area contributed by atoms with Crippen LogP contribution >= 0.6 is 11.3 Å². The Hall–Kier alpha value is -2.29. The van der Waals surface area contributed by atoms with E-state index in [1.54, 1.807) is 36.6 Å². The van der Waals surface area contributed by atoms with Crippen molar-refractivity contribution in [1.82, 2.24) is 10.2 Å². The lowest BCUT2D eigenvalue weighted by Crippen LogP contribution is -2.51. The number of halogens is 2. The number of rotatable bonds is 12. The van der Waals surface area contributed by atoms with E-state index in [4.69, 9.17) is 0 Å². The quantitative estimate of drug-likeness (QED) is 0.344. The van der Waals surface area contributed by atoms with Crippen LogP contribution in [0, 0.1) is 12.8 Å². The fraction of sp³-hybridized carbons (Fsp3) is 0.621. The summed E-state index contributed by atoms with van der Waals surface area (Å²) >= 11 is 1.25. The monoisotopic (exact) mass is 660 g/mol. The third-order valence-corrected chi connectivity index (χ3v) is 12.1. The van der Waals surface area contributed by atoms with E-state index in [2.05, 4.69) is 14.9 Å². The van der Waals surface area contributed by atoms with Gasteiger partial charge in [-0.05, 0) is 74.1 Å². The Labute approximate surface area is 258 Å². The highest BCUT2D eigenvalue weighted by molar-refractivity contribution is 7.92. The van der Waals surface area contributed by atoms with Gasteiger partial charge in [0, 0.05) is 44.6 Å². The van der Waals surface area contributed by atoms with Crippen molar-refractivity contribution < 1.29 is 30.4 Å². The third-order valence-electron chi connectivity index (χ3n) is 8.38. The first kappa shape index (κ1) is 33.6. The van der Waals surface area contributed by atoms with E-state index in [1.165, 1.54) is 15.6 Å². The van der Waals surface area contributed by atoms with E-state index in [9.17, 15) is 30.4 Å². The van der Waals surface area contributed by atoms with Gasteiger partial charge in [-0.15, -0.1) is 11.3 Å². The van der Waals surface area contributed by atoms with E-state index in [0.717, 1.165) is 17.4 Å². The molecule has 2 aliphatic rings. The number of anilines is 2. The predicted octanol–water partition coefficient (Wildman–Crippen LogP) is 4.60. The molecule has 2 aromatic rings. The fourth-order valence-electron chi connectivity index (χ4n) is 5.82. The molecular formula is C29H42F2N4O5S3. The Kier molecular flexibility index (Phi) is 10.8. The van der Waals surface area contributed by atoms with Crippen molar-refractivity contribution in [1.29, 1.82) is 0 Å². The minimum atomic E-state index is -3.75. The molecule has 0 bridgehead atoms. The number of hydrogen-bond donors (Lipinski definition) is 2. The van der Waals surface area contributed by atoms with Crippen molar-refractivity contribution in [3.63, 3.8) is 0 Å². The SMILES string of the molecule is Cc1c(CC(=O)NC2CCN([C@H](C)CN(c3ccccc3)S(=O)(=O)CC3CCC(F)(F)CC3)CC2)csc1NS(C)(=O)=O. The highest BCUT2D eigenvalue weighted by atomic mass is 32.2. The molecule has 0 spiro atoms. The van der Waals surface area contributed by atoms with Crippen LogP contribution in [0.3, 0.4) is 0 Å². The van der Waals surface area contributed by atoms with Gasteiger partial charge >= 0.3 is 0 Å². The molecule has 1 aromatic carbocycles. The van der Waals surface area contributed by atoms with Crippen molar-refractivity contribution in [2.45, 2.75) is 76.8 Å². The Morgan fingerprint density at radius 2 is 1.72 bits per heavy atom. The first-order valence-electron chi connectivity index (χ1n) is 14.6. The molecule has 1 aromatic heterocycles. The number of nitrogens with one attached hydrogen (secondary N) is 2. The van der Waals surface area contributed by atoms with Gasteiger partial charge in [-0.2, -0.15) is 0 Å². The van der Waals surface area contributed by atoms with E-state index in [0.29, 0.717) is 36.6 Å². The lowest BCUT2D eigenvalue weighted by Gasteiger charge is -2.39. The number of sulfonamides is 2. The Morgan fingerprint density at radius 3 is 2.33 bits per heavy atom. The highest BCUT2D eigenvalue weighted by Gasteiger charge is 2.38. The summed E-state index contributed by atoms with van der Waals surface area (Å²) in [6.07, 6.45) is 2.55. The summed E-state index contributed by atoms with van der Waals surface area (Å²) in [7, 11) is -7.15. The maximum absolute atomic E-state index is 13.7. The molecule has 1 aliphatic heterocycles. The van der Waals surface area contributed by atoms with Crippen LogP contribution in [0.25, 0.3) is 0 Å². The van der Waals surface area contributed by atoms with Crippen LogP contribution in [-0.4, -0.2) is 77.3 Å². The molecule has 1 aliphatic carbocycles. The van der Waals surface area contributed by atoms with Gasteiger partial charge in [-0.25, -0.2) is 25.6 Å². The summed E-state index contributed by atoms with van der Waals surface area (Å²) in [5.41, 5.74) is 2.09. The largest absolute Gasteiger partial charge is 0.353 e. The number of carbonyl (C=O) groups is 1. The molecule has 0 radical (unpaired) electrons. The van der Waals surface area contributed by atoms with Gasteiger partial charge in [0.05, 0.1) is 24.1 Å². The second-order valence-electron chi connectivity index (χ2n) is 11.9. The molecule has 2 N–H and O–H groups in total. The second kappa shape index (κ2) is 13.8. The lowest BCUT2D eigenvalue weighted by molar-refractivity contribution is -0.121. The van der Waals surface area contributed by atoms with Crippen LogP contribution in [0.15, 0.2) is 35.7 Å². The van der Waals surface area contributed by atoms with Crippen LogP contribution < -0.4 is 14.3 Å². The molecule has 2 fully saturated rings. The first-order chi connectivity index (χ1) is 20.1. The summed E-state index contributed by atoms with van der Waals surface area (Å²) in [6, 6.07) is 8.81. The molecule has 43 heavy (non-hydrogen) atoms. The number of alkyl halides is 2. The Balaban J connectivity index is 1.31. The molecule has 9 nitrogen and oxygen atoms in total. The summed E-state index contributed by atoms with van der Waals surface area (Å²) in [4.78, 5) is 15.0. The van der Waals surface area contributed by atoms with E-state index < -0.39 is 26.0 Å². The average Bonchev–Trinajstić information content (AvgIpc) is 3.26. The van der Waals surface area contributed by atoms with Crippen molar-refractivity contribution in [3.8, 4) is 0 Å². The molecule has 14 heteroatoms. The maximum atomic E-state index is 13.7. The summed E-state index contributed by atoms with van der Waals surface area (Å²) in [6.45, 7) is 5.40. The van der Waals surface area contributed by atoms with Crippen molar-refractivity contribution in [2.24, 2.45) is 5.92 Å². The van der Waals surface area contributed by atoms with Gasteiger partial charge in [-0.3, -0.25) is 18.7 Å². The average molecular weight is 661 g/mol. The summed E-state index contributed by atoms with van der Waals surface area (Å²) in [5, 5.41) is 5.40. The van der Waals surface area contributed by atoms with Gasteiger partial charge < -0.3 is 5.32 Å². The molecule has 240 valence electrons. The number of benzene rings is 1. The van der Waals surface area contributed by atoms with Crippen LogP contribution in [0.1, 0.15) is 56.6 Å². The first-order valence-corrected chi connectivity index (χ1v) is 19.0. The molecule has 0 unspecified atom stereocenters. The maximum Gasteiger partial charge on any atom is 0.248 e. The Bertz CT molecular complexity index is 1450. The van der Waals surface area contributed by atoms with Crippen molar-refractivity contribution in [3.05, 3.63) is 46.8 Å². The van der Waals surface area contributed by atoms with E-state index in [1.807, 2.05) is 13.0 Å². The molecule has 1 saturated carbocycles. The van der Waals surface area contributed by atoms with Gasteiger partial charge in [0.15, 0.2) is 0 Å². The Morgan fingerprint density at radius 1 is 1.09 bits per heavy atom. The number of piperidine rings is 1. The number of hydrogen-bond acceptors (Lipinski definition) is 7. The standard InChI is InChI=1S/C29H42F2N4O5S3/c1-21(18-35(26-7-5-4-6-8-26)43(39,40)20-23-9-13-29(30,31)14-10-23)34-15-11-25(12-16-34)32-27(36)17-24-19-41-28(22(24)2)33-42(3,37)38/h4-8,19,21,23,25,33H,9-18,20H2,1-3H3,(H,32,36)/t21-/m1/s1. The van der Waals surface area contributed by atoms with Gasteiger partial charge in [0.1, 0.15) is 5.00 Å². The smallest absolute Gasteiger partial charge is 0.248 e. The minimum Gasteiger partial charge on any atom is -0.353 e. The molecule has 1 atom stereocenters. The summed E-state index contributed by atoms with van der Waals surface area (Å²) in [5.74, 6) is -3.26. The minimum absolute atomic E-state index is 0.0121. The van der Waals surface area contributed by atoms with E-state index in [-0.39, 0.29) is 68.3 Å². The molecular weight excluding hydrogens is 619 g/mol. The topological polar surface area (TPSA) is 116 Å². The highest BCUT2D eigenvalue weighted by Crippen LogP contribution is 2.37. The van der Waals surface area contributed by atoms with Gasteiger partial charge in [0.2, 0.25) is 31.9 Å². The fourth-order valence-corrected chi connectivity index (χ4v) is 9.78. The van der Waals surface area contributed by atoms with Crippen LogP contribution in [0.2, 0.25) is 0 Å². The number of carbonyl (C=O) groups excluding carboxylic acids is 1. The number of nitrogens with zero attached hydrogens (tertiary/aromatic N) is 2. The van der Waals surface area contributed by atoms with Gasteiger partial charge in [-0.1, -0.05) is 18.2 Å². The molecule has 1 amide bonds. The predicted molar refractivity (Wildman–Crippen MR) is 168 cm³/mol. The third kappa shape index (κ3) is 9.60. The zero-order chi connectivity index (χ0) is 31.4. The van der Waals surface area contributed by atoms with Crippen LogP contribution in [-0.2, 0) is 31.3 Å². The number of likely N-dealkylation sites (tertiary alicyclic amines) is 1. The molecule has 4 rings (SSSR count). The second-order valence-corrected chi connectivity index (χ2v) is 16.5. The summed E-state index contributed by atoms with van der Waals surface area (Å²) < 4.78 is 81.6. The zero-order valence-corrected chi connectivity index (χ0v) is 27.3. The van der Waals surface area contributed by atoms with Crippen molar-refractivity contribution in [2.75, 3.05) is 40.7 Å². The lowest BCUT2D eigenvalue weighted by atomic mass is 9.88. The van der Waals surface area contributed by atoms with Crippen molar-refractivity contribution >= 4 is 48.0 Å². The normalized spacial score (nSPS) is 19.6. The molecule has 1 saturated heterocycles. The number of amides is 1. The van der Waals surface area contributed by atoms with Crippen LogP contribution in [0.4, 0.5) is 19.5 Å². The van der Waals surface area contributed by atoms with E-state index >= 15 is 0 Å². The zero-order valence-electron chi connectivity index (χ0n) is 24.9. The molecule has 2 heterocycles. The van der Waals surface area contributed by atoms with Crippen LogP contribution in [0.5, 0.6) is 0 Å².